The van der Waals surface area contributed by atoms with Crippen molar-refractivity contribution >= 4 is 17.2 Å². The van der Waals surface area contributed by atoms with Gasteiger partial charge in [0.1, 0.15) is 6.10 Å². The first-order valence-electron chi connectivity index (χ1n) is 5.14. The minimum atomic E-state index is -0.0149. The second-order valence-corrected chi connectivity index (χ2v) is 4.58. The number of carbonyl (C=O) groups is 1. The van der Waals surface area contributed by atoms with Crippen LogP contribution in [0.2, 0.25) is 0 Å². The number of nitrogens with one attached hydrogen (secondary N) is 1. The Morgan fingerprint density at radius 2 is 2.53 bits per heavy atom. The maximum Gasteiger partial charge on any atom is 0.223 e. The van der Waals surface area contributed by atoms with Crippen LogP contribution in [0, 0.1) is 5.92 Å². The highest BCUT2D eigenvalue weighted by atomic mass is 32.1. The number of ether oxygens (including phenoxy) is 1. The van der Waals surface area contributed by atoms with Crippen LogP contribution in [0.4, 0.5) is 0 Å². The lowest BCUT2D eigenvalue weighted by Crippen LogP contribution is -2.30. The van der Waals surface area contributed by atoms with E-state index in [4.69, 9.17) is 4.74 Å². The number of rotatable bonds is 5. The van der Waals surface area contributed by atoms with Crippen LogP contribution >= 0.6 is 11.3 Å². The Kier molecular flexibility index (Phi) is 3.38. The van der Waals surface area contributed by atoms with Crippen LogP contribution in [0.3, 0.4) is 0 Å². The Bertz CT molecular complexity index is 319. The molecule has 3 nitrogen and oxygen atoms in total. The van der Waals surface area contributed by atoms with Crippen LogP contribution in [0.1, 0.15) is 24.5 Å². The molecule has 1 N–H and O–H groups in total. The average Bonchev–Trinajstić information content (AvgIpc) is 2.97. The summed E-state index contributed by atoms with van der Waals surface area (Å²) in [7, 11) is 1.67. The molecule has 0 spiro atoms. The van der Waals surface area contributed by atoms with Crippen LogP contribution in [0.15, 0.2) is 16.8 Å². The van der Waals surface area contributed by atoms with E-state index in [0.717, 1.165) is 18.4 Å². The van der Waals surface area contributed by atoms with Gasteiger partial charge in [0.2, 0.25) is 5.91 Å². The van der Waals surface area contributed by atoms with Gasteiger partial charge in [-0.1, -0.05) is 0 Å². The Morgan fingerprint density at radius 1 is 1.73 bits per heavy atom. The monoisotopic (exact) mass is 225 g/mol. The molecule has 15 heavy (non-hydrogen) atoms. The third kappa shape index (κ3) is 2.79. The molecule has 1 aliphatic rings. The summed E-state index contributed by atoms with van der Waals surface area (Å²) in [5.74, 6) is 0.442. The van der Waals surface area contributed by atoms with Crippen molar-refractivity contribution in [1.82, 2.24) is 5.32 Å². The molecule has 0 aliphatic heterocycles. The van der Waals surface area contributed by atoms with Crippen molar-refractivity contribution in [1.29, 1.82) is 0 Å². The maximum atomic E-state index is 11.4. The van der Waals surface area contributed by atoms with E-state index in [1.54, 1.807) is 18.4 Å². The second kappa shape index (κ2) is 4.77. The molecule has 1 heterocycles. The van der Waals surface area contributed by atoms with E-state index in [2.05, 4.69) is 10.7 Å². The topological polar surface area (TPSA) is 38.3 Å². The maximum absolute atomic E-state index is 11.4. The molecule has 0 radical (unpaired) electrons. The number of carbonyl (C=O) groups excluding carboxylic acids is 1. The summed E-state index contributed by atoms with van der Waals surface area (Å²) in [6.07, 6.45) is 2.07. The lowest BCUT2D eigenvalue weighted by atomic mass is 10.2. The molecule has 0 bridgehead atoms. The minimum absolute atomic E-state index is 0.0149. The van der Waals surface area contributed by atoms with Gasteiger partial charge in [0.25, 0.3) is 0 Å². The molecule has 1 aromatic rings. The van der Waals surface area contributed by atoms with E-state index in [-0.39, 0.29) is 17.9 Å². The van der Waals surface area contributed by atoms with Gasteiger partial charge in [0, 0.05) is 19.6 Å². The molecule has 1 aliphatic carbocycles. The first-order chi connectivity index (χ1) is 7.31. The molecule has 0 saturated heterocycles. The molecular weight excluding hydrogens is 210 g/mol. The van der Waals surface area contributed by atoms with Gasteiger partial charge >= 0.3 is 0 Å². The van der Waals surface area contributed by atoms with Gasteiger partial charge < -0.3 is 10.1 Å². The molecule has 1 amide bonds. The van der Waals surface area contributed by atoms with Crippen molar-refractivity contribution < 1.29 is 9.53 Å². The van der Waals surface area contributed by atoms with Crippen LogP contribution in [0.25, 0.3) is 0 Å². The van der Waals surface area contributed by atoms with Crippen LogP contribution < -0.4 is 5.32 Å². The fourth-order valence-electron chi connectivity index (χ4n) is 1.48. The lowest BCUT2D eigenvalue weighted by molar-refractivity contribution is -0.122. The SMILES string of the molecule is COC(CNC(=O)C1CC1)c1ccsc1. The molecule has 1 atom stereocenters. The van der Waals surface area contributed by atoms with Gasteiger partial charge in [-0.25, -0.2) is 0 Å². The Morgan fingerprint density at radius 3 is 3.07 bits per heavy atom. The number of thiophene rings is 1. The molecule has 82 valence electrons. The van der Waals surface area contributed by atoms with Gasteiger partial charge in [0.05, 0.1) is 0 Å². The summed E-state index contributed by atoms with van der Waals surface area (Å²) in [4.78, 5) is 11.4. The molecule has 1 fully saturated rings. The quantitative estimate of drug-likeness (QED) is 0.832. The Hall–Kier alpha value is -0.870. The number of hydrogen-bond donors (Lipinski definition) is 1. The van der Waals surface area contributed by atoms with Gasteiger partial charge in [-0.2, -0.15) is 11.3 Å². The summed E-state index contributed by atoms with van der Waals surface area (Å²) in [6.45, 7) is 0.572. The molecule has 1 unspecified atom stereocenters. The van der Waals surface area contributed by atoms with Gasteiger partial charge in [-0.3, -0.25) is 4.79 Å². The number of hydrogen-bond acceptors (Lipinski definition) is 3. The average molecular weight is 225 g/mol. The first kappa shape index (κ1) is 10.6. The predicted molar refractivity (Wildman–Crippen MR) is 59.8 cm³/mol. The van der Waals surface area contributed by atoms with Crippen LogP contribution in [0.5, 0.6) is 0 Å². The first-order valence-corrected chi connectivity index (χ1v) is 6.08. The second-order valence-electron chi connectivity index (χ2n) is 3.80. The predicted octanol–water partition coefficient (Wildman–Crippen LogP) is 1.96. The lowest BCUT2D eigenvalue weighted by Gasteiger charge is -2.14. The standard InChI is InChI=1S/C11H15NO2S/c1-14-10(9-4-5-15-7-9)6-12-11(13)8-2-3-8/h4-5,7-8,10H,2-3,6H2,1H3,(H,12,13). The number of methoxy groups -OCH3 is 1. The molecule has 2 rings (SSSR count). The zero-order valence-electron chi connectivity index (χ0n) is 8.73. The summed E-state index contributed by atoms with van der Waals surface area (Å²) < 4.78 is 5.34. The molecule has 0 aromatic carbocycles. The van der Waals surface area contributed by atoms with Gasteiger partial charge in [-0.15, -0.1) is 0 Å². The van der Waals surface area contributed by atoms with E-state index in [0.29, 0.717) is 6.54 Å². The van der Waals surface area contributed by atoms with E-state index < -0.39 is 0 Å². The fourth-order valence-corrected chi connectivity index (χ4v) is 2.18. The fraction of sp³-hybridized carbons (Fsp3) is 0.545. The van der Waals surface area contributed by atoms with E-state index in [1.807, 2.05) is 11.4 Å². The van der Waals surface area contributed by atoms with Crippen molar-refractivity contribution in [3.8, 4) is 0 Å². The Labute approximate surface area is 93.4 Å². The van der Waals surface area contributed by atoms with Crippen LogP contribution in [-0.2, 0) is 9.53 Å². The molecule has 4 heteroatoms. The largest absolute Gasteiger partial charge is 0.375 e. The summed E-state index contributed by atoms with van der Waals surface area (Å²) in [6, 6.07) is 2.03. The molecule has 1 saturated carbocycles. The summed E-state index contributed by atoms with van der Waals surface area (Å²) in [5, 5.41) is 7.00. The van der Waals surface area contributed by atoms with Crippen molar-refractivity contribution in [2.45, 2.75) is 18.9 Å². The van der Waals surface area contributed by atoms with E-state index >= 15 is 0 Å². The van der Waals surface area contributed by atoms with Crippen molar-refractivity contribution in [2.24, 2.45) is 5.92 Å². The van der Waals surface area contributed by atoms with Gasteiger partial charge in [0.15, 0.2) is 0 Å². The minimum Gasteiger partial charge on any atom is -0.375 e. The van der Waals surface area contributed by atoms with E-state index in [1.165, 1.54) is 0 Å². The Balaban J connectivity index is 1.83. The molecular formula is C11H15NO2S. The third-order valence-corrected chi connectivity index (χ3v) is 3.31. The van der Waals surface area contributed by atoms with Crippen molar-refractivity contribution in [2.75, 3.05) is 13.7 Å². The highest BCUT2D eigenvalue weighted by molar-refractivity contribution is 7.07. The highest BCUT2D eigenvalue weighted by Crippen LogP contribution is 2.29. The van der Waals surface area contributed by atoms with Gasteiger partial charge in [-0.05, 0) is 35.2 Å². The van der Waals surface area contributed by atoms with Crippen molar-refractivity contribution in [3.63, 3.8) is 0 Å². The van der Waals surface area contributed by atoms with Crippen molar-refractivity contribution in [3.05, 3.63) is 22.4 Å². The van der Waals surface area contributed by atoms with Crippen LogP contribution in [-0.4, -0.2) is 19.6 Å². The third-order valence-electron chi connectivity index (χ3n) is 2.61. The van der Waals surface area contributed by atoms with E-state index in [9.17, 15) is 4.79 Å². The normalized spacial score (nSPS) is 17.4. The smallest absolute Gasteiger partial charge is 0.223 e. The highest BCUT2D eigenvalue weighted by Gasteiger charge is 2.29. The zero-order chi connectivity index (χ0) is 10.7. The number of amides is 1. The zero-order valence-corrected chi connectivity index (χ0v) is 9.55. The molecule has 1 aromatic heterocycles. The summed E-state index contributed by atoms with van der Waals surface area (Å²) in [5.41, 5.74) is 1.14. The summed E-state index contributed by atoms with van der Waals surface area (Å²) >= 11 is 1.64.